The summed E-state index contributed by atoms with van der Waals surface area (Å²) in [7, 11) is 1.51. The smallest absolute Gasteiger partial charge is 0.311 e. The maximum Gasteiger partial charge on any atom is 0.311 e. The third kappa shape index (κ3) is 3.69. The quantitative estimate of drug-likeness (QED) is 0.452. The van der Waals surface area contributed by atoms with Gasteiger partial charge in [-0.15, -0.1) is 0 Å². The molecule has 2 aromatic rings. The number of hydrogen-bond donors (Lipinski definition) is 0. The van der Waals surface area contributed by atoms with Gasteiger partial charge in [0.05, 0.1) is 17.6 Å². The lowest BCUT2D eigenvalue weighted by molar-refractivity contribution is -0.386. The molecule has 0 saturated carbocycles. The van der Waals surface area contributed by atoms with Gasteiger partial charge in [-0.25, -0.2) is 4.98 Å². The Kier molecular flexibility index (Phi) is 5.10. The molecule has 2 rings (SSSR count). The maximum absolute atomic E-state index is 11.1. The van der Waals surface area contributed by atoms with Crippen LogP contribution >= 0.6 is 15.9 Å². The van der Waals surface area contributed by atoms with Gasteiger partial charge in [-0.3, -0.25) is 10.1 Å². The van der Waals surface area contributed by atoms with Crippen LogP contribution in [-0.2, 0) is 11.9 Å². The van der Waals surface area contributed by atoms with E-state index in [0.29, 0.717) is 11.2 Å². The standard InChI is InChI=1S/C14H13BrN2O4/c1-20-14-11(3-2-6-16-14)9-21-13-5-4-10(8-15)7-12(13)17(18)19/h2-7H,8-9H2,1H3. The fourth-order valence-electron chi connectivity index (χ4n) is 1.78. The zero-order valence-corrected chi connectivity index (χ0v) is 12.9. The number of ether oxygens (including phenoxy) is 2. The summed E-state index contributed by atoms with van der Waals surface area (Å²) in [6, 6.07) is 8.41. The highest BCUT2D eigenvalue weighted by Gasteiger charge is 2.16. The van der Waals surface area contributed by atoms with E-state index in [0.717, 1.165) is 11.1 Å². The highest BCUT2D eigenvalue weighted by molar-refractivity contribution is 9.08. The van der Waals surface area contributed by atoms with Crippen LogP contribution in [0.3, 0.4) is 0 Å². The molecule has 7 heteroatoms. The summed E-state index contributed by atoms with van der Waals surface area (Å²) in [4.78, 5) is 14.7. The van der Waals surface area contributed by atoms with Gasteiger partial charge in [0, 0.05) is 17.6 Å². The van der Waals surface area contributed by atoms with Gasteiger partial charge in [0.25, 0.3) is 0 Å². The van der Waals surface area contributed by atoms with Crippen molar-refractivity contribution in [1.82, 2.24) is 4.98 Å². The molecular weight excluding hydrogens is 340 g/mol. The van der Waals surface area contributed by atoms with Crippen LogP contribution in [0.15, 0.2) is 36.5 Å². The number of nitro groups is 1. The Morgan fingerprint density at radius 3 is 2.86 bits per heavy atom. The number of nitro benzene ring substituents is 1. The van der Waals surface area contributed by atoms with Gasteiger partial charge < -0.3 is 9.47 Å². The minimum absolute atomic E-state index is 0.0604. The lowest BCUT2D eigenvalue weighted by Gasteiger charge is -2.10. The first kappa shape index (κ1) is 15.2. The van der Waals surface area contributed by atoms with E-state index >= 15 is 0 Å². The summed E-state index contributed by atoms with van der Waals surface area (Å²) in [5.41, 5.74) is 1.47. The van der Waals surface area contributed by atoms with Crippen molar-refractivity contribution in [1.29, 1.82) is 0 Å². The number of rotatable bonds is 6. The molecule has 110 valence electrons. The Morgan fingerprint density at radius 2 is 2.19 bits per heavy atom. The largest absolute Gasteiger partial charge is 0.482 e. The Hall–Kier alpha value is -2.15. The molecule has 0 N–H and O–H groups in total. The molecule has 0 aliphatic rings. The molecule has 1 aromatic heterocycles. The van der Waals surface area contributed by atoms with Crippen molar-refractivity contribution in [2.45, 2.75) is 11.9 Å². The van der Waals surface area contributed by atoms with Crippen LogP contribution in [-0.4, -0.2) is 17.0 Å². The second-order valence-corrected chi connectivity index (χ2v) is 4.71. The molecule has 0 amide bonds. The number of pyridine rings is 1. The molecule has 0 radical (unpaired) electrons. The van der Waals surface area contributed by atoms with Crippen molar-refractivity contribution >= 4 is 21.6 Å². The van der Waals surface area contributed by atoms with E-state index in [2.05, 4.69) is 20.9 Å². The van der Waals surface area contributed by atoms with Gasteiger partial charge >= 0.3 is 5.69 Å². The van der Waals surface area contributed by atoms with Gasteiger partial charge in [-0.05, 0) is 23.8 Å². The number of alkyl halides is 1. The zero-order chi connectivity index (χ0) is 15.2. The van der Waals surface area contributed by atoms with Crippen LogP contribution in [0, 0.1) is 10.1 Å². The fraction of sp³-hybridized carbons (Fsp3) is 0.214. The molecule has 1 heterocycles. The number of aromatic nitrogens is 1. The molecule has 0 unspecified atom stereocenters. The van der Waals surface area contributed by atoms with E-state index < -0.39 is 4.92 Å². The van der Waals surface area contributed by atoms with Gasteiger partial charge in [0.15, 0.2) is 5.75 Å². The van der Waals surface area contributed by atoms with Crippen LogP contribution < -0.4 is 9.47 Å². The van der Waals surface area contributed by atoms with Crippen molar-refractivity contribution in [3.8, 4) is 11.6 Å². The summed E-state index contributed by atoms with van der Waals surface area (Å²) in [5, 5.41) is 11.6. The lowest BCUT2D eigenvalue weighted by Crippen LogP contribution is -2.02. The molecule has 0 aliphatic heterocycles. The second kappa shape index (κ2) is 7.03. The monoisotopic (exact) mass is 352 g/mol. The van der Waals surface area contributed by atoms with Crippen molar-refractivity contribution in [3.05, 3.63) is 57.8 Å². The van der Waals surface area contributed by atoms with E-state index in [1.54, 1.807) is 30.5 Å². The molecular formula is C14H13BrN2O4. The maximum atomic E-state index is 11.1. The third-order valence-electron chi connectivity index (χ3n) is 2.80. The second-order valence-electron chi connectivity index (χ2n) is 4.15. The molecule has 21 heavy (non-hydrogen) atoms. The van der Waals surface area contributed by atoms with Crippen LogP contribution in [0.4, 0.5) is 5.69 Å². The zero-order valence-electron chi connectivity index (χ0n) is 11.3. The number of benzene rings is 1. The molecule has 0 fully saturated rings. The van der Waals surface area contributed by atoms with Crippen molar-refractivity contribution in [2.75, 3.05) is 7.11 Å². The third-order valence-corrected chi connectivity index (χ3v) is 3.45. The summed E-state index contributed by atoms with van der Waals surface area (Å²) in [6.45, 7) is 0.144. The Balaban J connectivity index is 2.21. The Bertz CT molecular complexity index is 649. The van der Waals surface area contributed by atoms with Crippen LogP contribution in [0.1, 0.15) is 11.1 Å². The fourth-order valence-corrected chi connectivity index (χ4v) is 2.13. The normalized spacial score (nSPS) is 10.2. The van der Waals surface area contributed by atoms with Crippen molar-refractivity contribution in [2.24, 2.45) is 0 Å². The molecule has 0 atom stereocenters. The summed E-state index contributed by atoms with van der Waals surface area (Å²) in [6.07, 6.45) is 1.61. The molecule has 0 bridgehead atoms. The van der Waals surface area contributed by atoms with E-state index in [1.807, 2.05) is 0 Å². The first-order valence-electron chi connectivity index (χ1n) is 6.09. The summed E-state index contributed by atoms with van der Waals surface area (Å²) >= 11 is 3.27. The molecule has 0 saturated heterocycles. The molecule has 0 aliphatic carbocycles. The average Bonchev–Trinajstić information content (AvgIpc) is 2.52. The minimum atomic E-state index is -0.456. The predicted octanol–water partition coefficient (Wildman–Crippen LogP) is 3.47. The first-order chi connectivity index (χ1) is 10.2. The number of nitrogens with zero attached hydrogens (tertiary/aromatic N) is 2. The Labute approximate surface area is 130 Å². The number of methoxy groups -OCH3 is 1. The van der Waals surface area contributed by atoms with E-state index in [-0.39, 0.29) is 18.0 Å². The van der Waals surface area contributed by atoms with Gasteiger partial charge in [0.2, 0.25) is 5.88 Å². The highest BCUT2D eigenvalue weighted by atomic mass is 79.9. The Morgan fingerprint density at radius 1 is 1.38 bits per heavy atom. The van der Waals surface area contributed by atoms with E-state index in [4.69, 9.17) is 9.47 Å². The number of hydrogen-bond acceptors (Lipinski definition) is 5. The highest BCUT2D eigenvalue weighted by Crippen LogP contribution is 2.30. The topological polar surface area (TPSA) is 74.5 Å². The minimum Gasteiger partial charge on any atom is -0.482 e. The molecule has 1 aromatic carbocycles. The lowest BCUT2D eigenvalue weighted by atomic mass is 10.2. The van der Waals surface area contributed by atoms with Crippen LogP contribution in [0.25, 0.3) is 0 Å². The van der Waals surface area contributed by atoms with Crippen LogP contribution in [0.2, 0.25) is 0 Å². The average molecular weight is 353 g/mol. The summed E-state index contributed by atoms with van der Waals surface area (Å²) in [5.74, 6) is 0.660. The van der Waals surface area contributed by atoms with Gasteiger partial charge in [0.1, 0.15) is 6.61 Å². The van der Waals surface area contributed by atoms with Crippen molar-refractivity contribution in [3.63, 3.8) is 0 Å². The van der Waals surface area contributed by atoms with Crippen LogP contribution in [0.5, 0.6) is 11.6 Å². The van der Waals surface area contributed by atoms with Gasteiger partial charge in [-0.2, -0.15) is 0 Å². The number of halogens is 1. The SMILES string of the molecule is COc1ncccc1COc1ccc(CBr)cc1[N+](=O)[O-]. The predicted molar refractivity (Wildman–Crippen MR) is 80.8 cm³/mol. The van der Waals surface area contributed by atoms with E-state index in [1.165, 1.54) is 13.2 Å². The molecule has 6 nitrogen and oxygen atoms in total. The van der Waals surface area contributed by atoms with Crippen molar-refractivity contribution < 1.29 is 14.4 Å². The summed E-state index contributed by atoms with van der Waals surface area (Å²) < 4.78 is 10.7. The van der Waals surface area contributed by atoms with Gasteiger partial charge in [-0.1, -0.05) is 22.0 Å². The van der Waals surface area contributed by atoms with E-state index in [9.17, 15) is 10.1 Å². The first-order valence-corrected chi connectivity index (χ1v) is 7.21. The molecule has 0 spiro atoms.